The van der Waals surface area contributed by atoms with E-state index in [4.69, 9.17) is 21.8 Å². The van der Waals surface area contributed by atoms with Crippen LogP contribution in [0.15, 0.2) is 29.2 Å². The molecule has 0 aromatic heterocycles. The number of carbonyl (C=O) groups is 1. The fraction of sp³-hybridized carbons (Fsp3) is 0.417. The minimum absolute atomic E-state index is 0.219. The molecule has 1 aromatic rings. The molecule has 1 amide bonds. The first-order valence-electron chi connectivity index (χ1n) is 5.40. The lowest BCUT2D eigenvalue weighted by Crippen LogP contribution is -2.52. The van der Waals surface area contributed by atoms with Gasteiger partial charge in [-0.25, -0.2) is 0 Å². The number of nitrogens with one attached hydrogen (secondary N) is 1. The quantitative estimate of drug-likeness (QED) is 0.690. The first kappa shape index (κ1) is 15.3. The Morgan fingerprint density at radius 1 is 1.33 bits per heavy atom. The van der Waals surface area contributed by atoms with Crippen LogP contribution in [0.2, 0.25) is 5.02 Å². The van der Waals surface area contributed by atoms with Crippen molar-refractivity contribution < 1.29 is 15.0 Å². The molecule has 100 valence electrons. The van der Waals surface area contributed by atoms with Gasteiger partial charge in [0, 0.05) is 9.92 Å². The van der Waals surface area contributed by atoms with E-state index in [-0.39, 0.29) is 24.9 Å². The Labute approximate surface area is 115 Å². The average molecular weight is 290 g/mol. The van der Waals surface area contributed by atoms with E-state index >= 15 is 0 Å². The molecule has 0 fully saturated rings. The number of thioether (sulfide) groups is 1. The highest BCUT2D eigenvalue weighted by atomic mass is 35.5. The number of benzene rings is 1. The minimum atomic E-state index is -0.975. The summed E-state index contributed by atoms with van der Waals surface area (Å²) in [6, 6.07) is 7.18. The molecular formula is C12H16ClNO3S. The molecule has 0 saturated carbocycles. The molecule has 1 aromatic carbocycles. The second-order valence-electron chi connectivity index (χ2n) is 4.17. The predicted molar refractivity (Wildman–Crippen MR) is 72.9 cm³/mol. The van der Waals surface area contributed by atoms with Gasteiger partial charge in [0.25, 0.3) is 0 Å². The van der Waals surface area contributed by atoms with E-state index in [1.54, 1.807) is 19.1 Å². The smallest absolute Gasteiger partial charge is 0.230 e. The van der Waals surface area contributed by atoms with Crippen molar-refractivity contribution >= 4 is 29.3 Å². The Morgan fingerprint density at radius 2 is 1.89 bits per heavy atom. The number of rotatable bonds is 6. The van der Waals surface area contributed by atoms with Crippen LogP contribution >= 0.6 is 23.4 Å². The van der Waals surface area contributed by atoms with Crippen LogP contribution in [0.4, 0.5) is 0 Å². The first-order chi connectivity index (χ1) is 8.49. The second kappa shape index (κ2) is 6.99. The first-order valence-corrected chi connectivity index (χ1v) is 6.76. The van der Waals surface area contributed by atoms with Gasteiger partial charge >= 0.3 is 0 Å². The molecule has 0 spiro atoms. The lowest BCUT2D eigenvalue weighted by Gasteiger charge is -2.26. The van der Waals surface area contributed by atoms with Crippen molar-refractivity contribution in [2.45, 2.75) is 17.4 Å². The predicted octanol–water partition coefficient (Wildman–Crippen LogP) is 1.29. The zero-order chi connectivity index (χ0) is 13.6. The third-order valence-corrected chi connectivity index (χ3v) is 3.59. The van der Waals surface area contributed by atoms with Gasteiger partial charge in [0.1, 0.15) is 0 Å². The molecule has 0 atom stereocenters. The molecule has 0 heterocycles. The Hall–Kier alpha value is -0.750. The van der Waals surface area contributed by atoms with Crippen LogP contribution in [-0.4, -0.2) is 40.6 Å². The summed E-state index contributed by atoms with van der Waals surface area (Å²) in [5.74, 6) is -0.0161. The molecule has 1 rings (SSSR count). The van der Waals surface area contributed by atoms with Crippen molar-refractivity contribution in [3.8, 4) is 0 Å². The zero-order valence-electron chi connectivity index (χ0n) is 10.0. The van der Waals surface area contributed by atoms with E-state index in [0.717, 1.165) is 4.90 Å². The van der Waals surface area contributed by atoms with Crippen LogP contribution in [-0.2, 0) is 4.79 Å². The van der Waals surface area contributed by atoms with E-state index in [2.05, 4.69) is 5.32 Å². The van der Waals surface area contributed by atoms with Gasteiger partial charge in [0.15, 0.2) is 0 Å². The summed E-state index contributed by atoms with van der Waals surface area (Å²) in [5, 5.41) is 21.3. The SMILES string of the molecule is CC(CO)(CO)NC(=O)CSc1ccc(Cl)cc1. The number of carbonyl (C=O) groups excluding carboxylic acids is 1. The Bertz CT molecular complexity index is 393. The normalized spacial score (nSPS) is 11.3. The van der Waals surface area contributed by atoms with Gasteiger partial charge in [0.2, 0.25) is 5.91 Å². The van der Waals surface area contributed by atoms with Gasteiger partial charge in [0.05, 0.1) is 24.5 Å². The van der Waals surface area contributed by atoms with E-state index in [1.165, 1.54) is 11.8 Å². The molecule has 0 radical (unpaired) electrons. The summed E-state index contributed by atoms with van der Waals surface area (Å²) < 4.78 is 0. The lowest BCUT2D eigenvalue weighted by molar-refractivity contribution is -0.121. The zero-order valence-corrected chi connectivity index (χ0v) is 11.6. The van der Waals surface area contributed by atoms with E-state index in [9.17, 15) is 4.79 Å². The van der Waals surface area contributed by atoms with Crippen molar-refractivity contribution in [3.05, 3.63) is 29.3 Å². The van der Waals surface area contributed by atoms with E-state index < -0.39 is 5.54 Å². The van der Waals surface area contributed by atoms with Crippen molar-refractivity contribution in [3.63, 3.8) is 0 Å². The van der Waals surface area contributed by atoms with Crippen molar-refractivity contribution in [2.75, 3.05) is 19.0 Å². The van der Waals surface area contributed by atoms with Gasteiger partial charge in [-0.2, -0.15) is 0 Å². The fourth-order valence-electron chi connectivity index (χ4n) is 1.18. The van der Waals surface area contributed by atoms with E-state index in [0.29, 0.717) is 5.02 Å². The molecule has 0 aliphatic rings. The maximum atomic E-state index is 11.6. The monoisotopic (exact) mass is 289 g/mol. The van der Waals surface area contributed by atoms with Gasteiger partial charge in [-0.3, -0.25) is 4.79 Å². The minimum Gasteiger partial charge on any atom is -0.394 e. The average Bonchev–Trinajstić information content (AvgIpc) is 2.38. The summed E-state index contributed by atoms with van der Waals surface area (Å²) in [4.78, 5) is 12.6. The van der Waals surface area contributed by atoms with Gasteiger partial charge in [-0.15, -0.1) is 11.8 Å². The van der Waals surface area contributed by atoms with Gasteiger partial charge in [-0.05, 0) is 31.2 Å². The summed E-state index contributed by atoms with van der Waals surface area (Å²) in [7, 11) is 0. The number of aliphatic hydroxyl groups excluding tert-OH is 2. The lowest BCUT2D eigenvalue weighted by atomic mass is 10.1. The highest BCUT2D eigenvalue weighted by Crippen LogP contribution is 2.20. The maximum absolute atomic E-state index is 11.6. The Balaban J connectivity index is 2.44. The molecule has 4 nitrogen and oxygen atoms in total. The molecule has 0 aliphatic carbocycles. The van der Waals surface area contributed by atoms with Crippen LogP contribution in [0.1, 0.15) is 6.92 Å². The third kappa shape index (κ3) is 4.86. The van der Waals surface area contributed by atoms with Gasteiger partial charge < -0.3 is 15.5 Å². The largest absolute Gasteiger partial charge is 0.394 e. The molecule has 0 bridgehead atoms. The molecule has 0 unspecified atom stereocenters. The molecule has 0 aliphatic heterocycles. The number of hydrogen-bond acceptors (Lipinski definition) is 4. The summed E-state index contributed by atoms with van der Waals surface area (Å²) >= 11 is 7.12. The topological polar surface area (TPSA) is 69.6 Å². The molecular weight excluding hydrogens is 274 g/mol. The third-order valence-electron chi connectivity index (χ3n) is 2.32. The fourth-order valence-corrected chi connectivity index (χ4v) is 2.01. The standard InChI is InChI=1S/C12H16ClNO3S/c1-12(7-15,8-16)14-11(17)6-18-10-4-2-9(13)3-5-10/h2-5,15-16H,6-8H2,1H3,(H,14,17). The Morgan fingerprint density at radius 3 is 2.39 bits per heavy atom. The van der Waals surface area contributed by atoms with Crippen molar-refractivity contribution in [1.29, 1.82) is 0 Å². The maximum Gasteiger partial charge on any atom is 0.230 e. The highest BCUT2D eigenvalue weighted by Gasteiger charge is 2.24. The van der Waals surface area contributed by atoms with Crippen LogP contribution in [0.25, 0.3) is 0 Å². The molecule has 3 N–H and O–H groups in total. The van der Waals surface area contributed by atoms with Gasteiger partial charge in [-0.1, -0.05) is 11.6 Å². The van der Waals surface area contributed by atoms with Crippen molar-refractivity contribution in [1.82, 2.24) is 5.32 Å². The van der Waals surface area contributed by atoms with Crippen LogP contribution in [0, 0.1) is 0 Å². The summed E-state index contributed by atoms with van der Waals surface area (Å²) in [6.45, 7) is 0.972. The summed E-state index contributed by atoms with van der Waals surface area (Å²) in [5.41, 5.74) is -0.975. The number of hydrogen-bond donors (Lipinski definition) is 3. The van der Waals surface area contributed by atoms with Crippen LogP contribution in [0.3, 0.4) is 0 Å². The number of aliphatic hydroxyl groups is 2. The Kier molecular flexibility index (Phi) is 5.95. The summed E-state index contributed by atoms with van der Waals surface area (Å²) in [6.07, 6.45) is 0. The van der Waals surface area contributed by atoms with E-state index in [1.807, 2.05) is 12.1 Å². The number of amides is 1. The molecule has 0 saturated heterocycles. The highest BCUT2D eigenvalue weighted by molar-refractivity contribution is 8.00. The second-order valence-corrected chi connectivity index (χ2v) is 5.65. The van der Waals surface area contributed by atoms with Crippen LogP contribution < -0.4 is 5.32 Å². The number of halogens is 1. The molecule has 6 heteroatoms. The molecule has 18 heavy (non-hydrogen) atoms. The van der Waals surface area contributed by atoms with Crippen molar-refractivity contribution in [2.24, 2.45) is 0 Å². The van der Waals surface area contributed by atoms with Crippen LogP contribution in [0.5, 0.6) is 0 Å².